The molecule has 0 aliphatic carbocycles. The van der Waals surface area contributed by atoms with Crippen LogP contribution in [0.25, 0.3) is 0 Å². The summed E-state index contributed by atoms with van der Waals surface area (Å²) in [5.41, 5.74) is 0. The van der Waals surface area contributed by atoms with Crippen molar-refractivity contribution in [2.75, 3.05) is 20.1 Å². The van der Waals surface area contributed by atoms with Crippen LogP contribution in [0, 0.1) is 12.5 Å². The maximum absolute atomic E-state index is 5.33. The molecule has 0 amide bonds. The molecule has 2 nitrogen and oxygen atoms in total. The highest BCUT2D eigenvalue weighted by Crippen LogP contribution is 2.11. The monoisotopic (exact) mass is 152 g/mol. The minimum atomic E-state index is 0.579. The lowest BCUT2D eigenvalue weighted by Gasteiger charge is -2.40. The molecule has 1 aliphatic rings. The number of likely N-dealkylation sites (N-methyl/N-ethyl adjacent to an activating group) is 1. The molecule has 1 fully saturated rings. The Kier molecular flexibility index (Phi) is 2.41. The van der Waals surface area contributed by atoms with E-state index in [2.05, 4.69) is 36.7 Å². The van der Waals surface area contributed by atoms with Gasteiger partial charge < -0.3 is 4.90 Å². The zero-order chi connectivity index (χ0) is 8.43. The van der Waals surface area contributed by atoms with Crippen molar-refractivity contribution in [2.24, 2.45) is 0 Å². The lowest BCUT2D eigenvalue weighted by Crippen LogP contribution is -2.53. The molecule has 0 aromatic heterocycles. The van der Waals surface area contributed by atoms with Crippen LogP contribution in [0.15, 0.2) is 0 Å². The van der Waals surface area contributed by atoms with Gasteiger partial charge in [-0.2, -0.15) is 0 Å². The minimum absolute atomic E-state index is 0.579. The van der Waals surface area contributed by atoms with Crippen LogP contribution in [0.3, 0.4) is 0 Å². The fourth-order valence-electron chi connectivity index (χ4n) is 1.51. The summed E-state index contributed by atoms with van der Waals surface area (Å²) in [6, 6.07) is 3.85. The highest BCUT2D eigenvalue weighted by Gasteiger charge is 2.24. The average Bonchev–Trinajstić information content (AvgIpc) is 1.99. The third-order valence-electron chi connectivity index (χ3n) is 2.54. The van der Waals surface area contributed by atoms with Crippen LogP contribution in [0.4, 0.5) is 0 Å². The van der Waals surface area contributed by atoms with Crippen molar-refractivity contribution < 1.29 is 0 Å². The molecule has 1 rings (SSSR count). The van der Waals surface area contributed by atoms with E-state index >= 15 is 0 Å². The van der Waals surface area contributed by atoms with E-state index in [9.17, 15) is 0 Å². The molecular formula is C9H16N2. The molecule has 0 saturated carbocycles. The Morgan fingerprint density at radius 1 is 1.27 bits per heavy atom. The standard InChI is InChI=1S/C9H16N2/c1-5-11-6-8(2)10(4)9(3)7-11/h1,8-9H,6-7H2,2-4H3. The van der Waals surface area contributed by atoms with Gasteiger partial charge in [-0.1, -0.05) is 6.42 Å². The molecule has 62 valence electrons. The summed E-state index contributed by atoms with van der Waals surface area (Å²) in [5, 5.41) is 0. The van der Waals surface area contributed by atoms with Gasteiger partial charge in [-0.3, -0.25) is 4.90 Å². The van der Waals surface area contributed by atoms with Gasteiger partial charge in [0.05, 0.1) is 0 Å². The van der Waals surface area contributed by atoms with E-state index in [0.29, 0.717) is 12.1 Å². The molecule has 1 saturated heterocycles. The van der Waals surface area contributed by atoms with Crippen LogP contribution in [0.5, 0.6) is 0 Å². The second-order valence-corrected chi connectivity index (χ2v) is 3.40. The number of piperazine rings is 1. The number of hydrogen-bond donors (Lipinski definition) is 0. The van der Waals surface area contributed by atoms with Crippen LogP contribution in [0.2, 0.25) is 0 Å². The normalized spacial score (nSPS) is 33.5. The Labute approximate surface area is 69.2 Å². The van der Waals surface area contributed by atoms with Crippen molar-refractivity contribution in [1.82, 2.24) is 9.80 Å². The zero-order valence-electron chi connectivity index (χ0n) is 7.54. The van der Waals surface area contributed by atoms with Gasteiger partial charge >= 0.3 is 0 Å². The van der Waals surface area contributed by atoms with Crippen molar-refractivity contribution in [3.05, 3.63) is 0 Å². The van der Waals surface area contributed by atoms with Crippen molar-refractivity contribution in [1.29, 1.82) is 0 Å². The van der Waals surface area contributed by atoms with Gasteiger partial charge in [0, 0.05) is 31.2 Å². The van der Waals surface area contributed by atoms with Crippen molar-refractivity contribution in [3.63, 3.8) is 0 Å². The van der Waals surface area contributed by atoms with Gasteiger partial charge in [-0.25, -0.2) is 0 Å². The number of terminal acetylenes is 1. The van der Waals surface area contributed by atoms with Crippen LogP contribution in [0.1, 0.15) is 13.8 Å². The van der Waals surface area contributed by atoms with Crippen LogP contribution in [-0.2, 0) is 0 Å². The van der Waals surface area contributed by atoms with Crippen molar-refractivity contribution in [3.8, 4) is 12.5 Å². The third kappa shape index (κ3) is 1.66. The van der Waals surface area contributed by atoms with Crippen molar-refractivity contribution in [2.45, 2.75) is 25.9 Å². The molecule has 0 bridgehead atoms. The second-order valence-electron chi connectivity index (χ2n) is 3.40. The molecule has 2 atom stereocenters. The Balaban J connectivity index is 2.56. The fourth-order valence-corrected chi connectivity index (χ4v) is 1.51. The highest BCUT2D eigenvalue weighted by molar-refractivity contribution is 4.93. The molecule has 2 heteroatoms. The van der Waals surface area contributed by atoms with Gasteiger partial charge in [0.1, 0.15) is 0 Å². The van der Waals surface area contributed by atoms with Gasteiger partial charge in [-0.05, 0) is 20.9 Å². The first-order chi connectivity index (χ1) is 5.15. The molecule has 0 aromatic carbocycles. The van der Waals surface area contributed by atoms with Crippen LogP contribution < -0.4 is 0 Å². The first kappa shape index (κ1) is 8.42. The molecule has 0 N–H and O–H groups in total. The summed E-state index contributed by atoms with van der Waals surface area (Å²) in [4.78, 5) is 4.42. The Morgan fingerprint density at radius 2 is 1.73 bits per heavy atom. The molecule has 11 heavy (non-hydrogen) atoms. The van der Waals surface area contributed by atoms with Gasteiger partial charge in [0.15, 0.2) is 0 Å². The minimum Gasteiger partial charge on any atom is -0.330 e. The van der Waals surface area contributed by atoms with E-state index in [-0.39, 0.29) is 0 Å². The van der Waals surface area contributed by atoms with Crippen LogP contribution in [-0.4, -0.2) is 42.0 Å². The summed E-state index contributed by atoms with van der Waals surface area (Å²) < 4.78 is 0. The van der Waals surface area contributed by atoms with Gasteiger partial charge in [0.2, 0.25) is 0 Å². The Morgan fingerprint density at radius 3 is 2.09 bits per heavy atom. The quantitative estimate of drug-likeness (QED) is 0.469. The topological polar surface area (TPSA) is 6.48 Å². The number of hydrogen-bond acceptors (Lipinski definition) is 2. The molecular weight excluding hydrogens is 136 g/mol. The van der Waals surface area contributed by atoms with E-state index in [4.69, 9.17) is 6.42 Å². The summed E-state index contributed by atoms with van der Waals surface area (Å²) in [5.74, 6) is 0. The molecule has 2 unspecified atom stereocenters. The molecule has 1 aliphatic heterocycles. The second kappa shape index (κ2) is 3.15. The maximum atomic E-state index is 5.33. The molecule has 0 radical (unpaired) electrons. The molecule has 0 spiro atoms. The molecule has 0 aromatic rings. The predicted octanol–water partition coefficient (Wildman–Crippen LogP) is 0.602. The fraction of sp³-hybridized carbons (Fsp3) is 0.778. The smallest absolute Gasteiger partial charge is 0.0414 e. The van der Waals surface area contributed by atoms with Crippen molar-refractivity contribution >= 4 is 0 Å². The van der Waals surface area contributed by atoms with E-state index in [0.717, 1.165) is 13.1 Å². The largest absolute Gasteiger partial charge is 0.330 e. The van der Waals surface area contributed by atoms with E-state index in [1.54, 1.807) is 0 Å². The van der Waals surface area contributed by atoms with Gasteiger partial charge in [0.25, 0.3) is 0 Å². The number of nitrogens with zero attached hydrogens (tertiary/aromatic N) is 2. The summed E-state index contributed by atoms with van der Waals surface area (Å²) >= 11 is 0. The Hall–Kier alpha value is -0.680. The lowest BCUT2D eigenvalue weighted by atomic mass is 10.1. The average molecular weight is 152 g/mol. The van der Waals surface area contributed by atoms with E-state index in [1.165, 1.54) is 0 Å². The summed E-state index contributed by atoms with van der Waals surface area (Å²) in [7, 11) is 2.16. The SMILES string of the molecule is C#CN1CC(C)N(C)C(C)C1. The van der Waals surface area contributed by atoms with Crippen LogP contribution >= 0.6 is 0 Å². The highest BCUT2D eigenvalue weighted by atomic mass is 15.3. The van der Waals surface area contributed by atoms with Gasteiger partial charge in [-0.15, -0.1) is 0 Å². The Bertz CT molecular complexity index is 159. The van der Waals surface area contributed by atoms with E-state index in [1.807, 2.05) is 0 Å². The zero-order valence-corrected chi connectivity index (χ0v) is 7.54. The first-order valence-electron chi connectivity index (χ1n) is 4.08. The molecule has 1 heterocycles. The summed E-state index contributed by atoms with van der Waals surface area (Å²) in [6.07, 6.45) is 5.33. The van der Waals surface area contributed by atoms with E-state index < -0.39 is 0 Å². The first-order valence-corrected chi connectivity index (χ1v) is 4.08. The number of rotatable bonds is 0. The third-order valence-corrected chi connectivity index (χ3v) is 2.54. The summed E-state index contributed by atoms with van der Waals surface area (Å²) in [6.45, 7) is 6.41. The maximum Gasteiger partial charge on any atom is 0.0414 e. The lowest BCUT2D eigenvalue weighted by molar-refractivity contribution is 0.0935. The predicted molar refractivity (Wildman–Crippen MR) is 47.1 cm³/mol.